The number of amides is 2. The first-order valence-corrected chi connectivity index (χ1v) is 10.0. The van der Waals surface area contributed by atoms with Gasteiger partial charge in [0.1, 0.15) is 0 Å². The topological polar surface area (TPSA) is 71.1 Å². The van der Waals surface area contributed by atoms with Crippen molar-refractivity contribution in [3.8, 4) is 11.5 Å². The summed E-state index contributed by atoms with van der Waals surface area (Å²) in [5.74, 6) is 1.40. The van der Waals surface area contributed by atoms with Crippen molar-refractivity contribution in [2.75, 3.05) is 51.4 Å². The maximum atomic E-state index is 12.2. The molecule has 0 atom stereocenters. The molecule has 0 spiro atoms. The minimum absolute atomic E-state index is 0.119. The molecule has 1 N–H and O–H groups in total. The highest BCUT2D eigenvalue weighted by Gasteiger charge is 2.21. The fourth-order valence-corrected chi connectivity index (χ4v) is 3.34. The molecule has 2 amide bonds. The fourth-order valence-electron chi connectivity index (χ4n) is 3.06. The van der Waals surface area contributed by atoms with Crippen molar-refractivity contribution < 1.29 is 19.1 Å². The number of carbonyl (C=O) groups excluding carboxylic acids is 2. The van der Waals surface area contributed by atoms with Gasteiger partial charge in [-0.05, 0) is 24.6 Å². The number of nitrogens with zero attached hydrogens (tertiary/aromatic N) is 2. The van der Waals surface area contributed by atoms with E-state index in [9.17, 15) is 9.59 Å². The Morgan fingerprint density at radius 1 is 1.12 bits per heavy atom. The van der Waals surface area contributed by atoms with Crippen molar-refractivity contribution in [2.45, 2.75) is 12.8 Å². The Labute approximate surface area is 161 Å². The molecule has 7 nitrogen and oxygen atoms in total. The lowest BCUT2D eigenvalue weighted by molar-refractivity contribution is -0.132. The molecular formula is C18H24BrN3O4. The van der Waals surface area contributed by atoms with Crippen LogP contribution in [0, 0.1) is 0 Å². The van der Waals surface area contributed by atoms with Gasteiger partial charge >= 0.3 is 0 Å². The summed E-state index contributed by atoms with van der Waals surface area (Å²) in [5, 5.41) is 3.80. The number of hydrogen-bond donors (Lipinski definition) is 1. The number of fused-ring (bicyclic) bond motifs is 1. The second-order valence-electron chi connectivity index (χ2n) is 6.34. The SMILES string of the molecule is O=C(NCCN1CCN(C(=O)CCCBr)CC1)c1ccc2c(c1)OCO2. The molecule has 0 aromatic heterocycles. The number of alkyl halides is 1. The van der Waals surface area contributed by atoms with Crippen LogP contribution in [0.25, 0.3) is 0 Å². The monoisotopic (exact) mass is 425 g/mol. The molecule has 0 bridgehead atoms. The molecule has 1 aromatic carbocycles. The molecule has 1 saturated heterocycles. The van der Waals surface area contributed by atoms with E-state index in [0.29, 0.717) is 30.0 Å². The van der Waals surface area contributed by atoms with Crippen LogP contribution in [-0.4, -0.2) is 73.0 Å². The van der Waals surface area contributed by atoms with Crippen molar-refractivity contribution >= 4 is 27.7 Å². The van der Waals surface area contributed by atoms with Gasteiger partial charge in [-0.15, -0.1) is 0 Å². The predicted molar refractivity (Wildman–Crippen MR) is 101 cm³/mol. The third-order valence-electron chi connectivity index (χ3n) is 4.60. The van der Waals surface area contributed by atoms with Crippen LogP contribution < -0.4 is 14.8 Å². The van der Waals surface area contributed by atoms with Crippen LogP contribution >= 0.6 is 15.9 Å². The Morgan fingerprint density at radius 2 is 1.88 bits per heavy atom. The zero-order valence-electron chi connectivity index (χ0n) is 14.7. The van der Waals surface area contributed by atoms with E-state index < -0.39 is 0 Å². The van der Waals surface area contributed by atoms with Crippen LogP contribution in [0.15, 0.2) is 18.2 Å². The van der Waals surface area contributed by atoms with E-state index in [2.05, 4.69) is 26.1 Å². The maximum absolute atomic E-state index is 12.2. The Bertz CT molecular complexity index is 647. The Balaban J connectivity index is 1.36. The van der Waals surface area contributed by atoms with Gasteiger partial charge in [0.15, 0.2) is 11.5 Å². The van der Waals surface area contributed by atoms with Crippen LogP contribution in [0.1, 0.15) is 23.2 Å². The molecule has 1 aromatic rings. The average molecular weight is 426 g/mol. The lowest BCUT2D eigenvalue weighted by Gasteiger charge is -2.34. The van der Waals surface area contributed by atoms with Gasteiger partial charge in [0.25, 0.3) is 5.91 Å². The molecule has 8 heteroatoms. The van der Waals surface area contributed by atoms with E-state index >= 15 is 0 Å². The molecule has 2 aliphatic heterocycles. The summed E-state index contributed by atoms with van der Waals surface area (Å²) in [6.45, 7) is 4.77. The van der Waals surface area contributed by atoms with Gasteiger partial charge in [-0.1, -0.05) is 15.9 Å². The van der Waals surface area contributed by atoms with Gasteiger partial charge < -0.3 is 19.7 Å². The Morgan fingerprint density at radius 3 is 2.65 bits per heavy atom. The molecule has 2 heterocycles. The number of piperazine rings is 1. The number of carbonyl (C=O) groups is 2. The van der Waals surface area contributed by atoms with E-state index in [1.54, 1.807) is 18.2 Å². The molecule has 0 aliphatic carbocycles. The number of hydrogen-bond acceptors (Lipinski definition) is 5. The third-order valence-corrected chi connectivity index (χ3v) is 5.16. The molecule has 0 saturated carbocycles. The van der Waals surface area contributed by atoms with Crippen molar-refractivity contribution in [1.29, 1.82) is 0 Å². The highest BCUT2D eigenvalue weighted by Crippen LogP contribution is 2.32. The summed E-state index contributed by atoms with van der Waals surface area (Å²) in [4.78, 5) is 28.5. The zero-order valence-corrected chi connectivity index (χ0v) is 16.3. The van der Waals surface area contributed by atoms with Crippen molar-refractivity contribution in [3.05, 3.63) is 23.8 Å². The maximum Gasteiger partial charge on any atom is 0.251 e. The number of ether oxygens (including phenoxy) is 2. The number of halogens is 1. The molecule has 142 valence electrons. The minimum atomic E-state index is -0.119. The summed E-state index contributed by atoms with van der Waals surface area (Å²) in [6.07, 6.45) is 1.49. The zero-order chi connectivity index (χ0) is 18.4. The fraction of sp³-hybridized carbons (Fsp3) is 0.556. The van der Waals surface area contributed by atoms with E-state index in [4.69, 9.17) is 9.47 Å². The van der Waals surface area contributed by atoms with Crippen LogP contribution in [0.2, 0.25) is 0 Å². The van der Waals surface area contributed by atoms with Crippen LogP contribution in [0.4, 0.5) is 0 Å². The standard InChI is InChI=1S/C18H24BrN3O4/c19-5-1-2-17(23)22-10-8-21(9-11-22)7-6-20-18(24)14-3-4-15-16(12-14)26-13-25-15/h3-4,12H,1-2,5-11,13H2,(H,20,24). The van der Waals surface area contributed by atoms with Gasteiger partial charge in [0, 0.05) is 56.6 Å². The lowest BCUT2D eigenvalue weighted by Crippen LogP contribution is -2.50. The van der Waals surface area contributed by atoms with E-state index in [-0.39, 0.29) is 18.6 Å². The van der Waals surface area contributed by atoms with Crippen LogP contribution in [0.3, 0.4) is 0 Å². The van der Waals surface area contributed by atoms with Gasteiger partial charge in [0.2, 0.25) is 12.7 Å². The highest BCUT2D eigenvalue weighted by molar-refractivity contribution is 9.09. The smallest absolute Gasteiger partial charge is 0.251 e. The molecule has 3 rings (SSSR count). The van der Waals surface area contributed by atoms with Crippen molar-refractivity contribution in [2.24, 2.45) is 0 Å². The Hall–Kier alpha value is -1.80. The summed E-state index contributed by atoms with van der Waals surface area (Å²) < 4.78 is 10.5. The average Bonchev–Trinajstić information content (AvgIpc) is 3.14. The summed E-state index contributed by atoms with van der Waals surface area (Å²) in [5.41, 5.74) is 0.566. The molecule has 1 fully saturated rings. The molecule has 0 unspecified atom stereocenters. The number of rotatable bonds is 7. The second-order valence-corrected chi connectivity index (χ2v) is 7.13. The third kappa shape index (κ3) is 4.88. The lowest BCUT2D eigenvalue weighted by atomic mass is 10.2. The largest absolute Gasteiger partial charge is 0.454 e. The van der Waals surface area contributed by atoms with Gasteiger partial charge in [0.05, 0.1) is 0 Å². The molecular weight excluding hydrogens is 402 g/mol. The highest BCUT2D eigenvalue weighted by atomic mass is 79.9. The second kappa shape index (κ2) is 9.23. The molecule has 26 heavy (non-hydrogen) atoms. The van der Waals surface area contributed by atoms with Crippen LogP contribution in [-0.2, 0) is 4.79 Å². The first-order valence-electron chi connectivity index (χ1n) is 8.91. The normalized spacial score (nSPS) is 16.6. The Kier molecular flexibility index (Phi) is 6.73. The first-order chi connectivity index (χ1) is 12.7. The van der Waals surface area contributed by atoms with E-state index in [0.717, 1.165) is 44.5 Å². The number of benzene rings is 1. The van der Waals surface area contributed by atoms with Crippen LogP contribution in [0.5, 0.6) is 11.5 Å². The van der Waals surface area contributed by atoms with Gasteiger partial charge in [-0.2, -0.15) is 0 Å². The van der Waals surface area contributed by atoms with E-state index in [1.807, 2.05) is 4.90 Å². The summed E-state index contributed by atoms with van der Waals surface area (Å²) in [6, 6.07) is 5.19. The van der Waals surface area contributed by atoms with Crippen molar-refractivity contribution in [1.82, 2.24) is 15.1 Å². The summed E-state index contributed by atoms with van der Waals surface area (Å²) >= 11 is 3.36. The number of nitrogens with one attached hydrogen (secondary N) is 1. The minimum Gasteiger partial charge on any atom is -0.454 e. The first kappa shape index (κ1) is 19.0. The van der Waals surface area contributed by atoms with E-state index in [1.165, 1.54) is 0 Å². The van der Waals surface area contributed by atoms with Crippen molar-refractivity contribution in [3.63, 3.8) is 0 Å². The molecule has 2 aliphatic rings. The summed E-state index contributed by atoms with van der Waals surface area (Å²) in [7, 11) is 0. The van der Waals surface area contributed by atoms with Gasteiger partial charge in [-0.3, -0.25) is 14.5 Å². The molecule has 0 radical (unpaired) electrons. The predicted octanol–water partition coefficient (Wildman–Crippen LogP) is 1.46. The van der Waals surface area contributed by atoms with Gasteiger partial charge in [-0.25, -0.2) is 0 Å². The quantitative estimate of drug-likeness (QED) is 0.669.